The number of hydrogen-bond donors (Lipinski definition) is 3. The molecule has 106 valence electrons. The SMILES string of the molecule is CN(c1cc(C(=N)N)c2ccccc2n1)C(C)(C)CO. The van der Waals surface area contributed by atoms with Gasteiger partial charge in [0, 0.05) is 18.0 Å². The van der Waals surface area contributed by atoms with Crippen molar-refractivity contribution >= 4 is 22.6 Å². The van der Waals surface area contributed by atoms with Crippen LogP contribution in [0.4, 0.5) is 5.82 Å². The highest BCUT2D eigenvalue weighted by Crippen LogP contribution is 2.26. The van der Waals surface area contributed by atoms with Crippen molar-refractivity contribution in [2.75, 3.05) is 18.6 Å². The summed E-state index contributed by atoms with van der Waals surface area (Å²) in [6.07, 6.45) is 0. The maximum atomic E-state index is 9.48. The molecule has 0 atom stereocenters. The highest BCUT2D eigenvalue weighted by molar-refractivity contribution is 6.07. The molecule has 2 aromatic rings. The van der Waals surface area contributed by atoms with Crippen molar-refractivity contribution in [1.29, 1.82) is 5.41 Å². The minimum absolute atomic E-state index is 0.00735. The number of rotatable bonds is 4. The molecule has 0 radical (unpaired) electrons. The monoisotopic (exact) mass is 272 g/mol. The number of aliphatic hydroxyl groups is 1. The molecule has 0 aliphatic carbocycles. The molecule has 2 rings (SSSR count). The predicted molar refractivity (Wildman–Crippen MR) is 82.3 cm³/mol. The molecular formula is C15H20N4O. The van der Waals surface area contributed by atoms with E-state index >= 15 is 0 Å². The van der Waals surface area contributed by atoms with Crippen molar-refractivity contribution in [2.24, 2.45) is 5.73 Å². The van der Waals surface area contributed by atoms with Crippen LogP contribution in [0.15, 0.2) is 30.3 Å². The van der Waals surface area contributed by atoms with E-state index in [0.29, 0.717) is 11.4 Å². The van der Waals surface area contributed by atoms with Crippen LogP contribution in [0.1, 0.15) is 19.4 Å². The molecule has 5 heteroatoms. The first-order valence-electron chi connectivity index (χ1n) is 6.45. The van der Waals surface area contributed by atoms with Crippen molar-refractivity contribution < 1.29 is 5.11 Å². The molecule has 1 aromatic heterocycles. The molecular weight excluding hydrogens is 252 g/mol. The van der Waals surface area contributed by atoms with Gasteiger partial charge >= 0.3 is 0 Å². The van der Waals surface area contributed by atoms with Crippen molar-refractivity contribution in [1.82, 2.24) is 4.98 Å². The normalized spacial score (nSPS) is 11.6. The van der Waals surface area contributed by atoms with E-state index in [1.807, 2.05) is 50.1 Å². The predicted octanol–water partition coefficient (Wildman–Crippen LogP) is 1.73. The molecule has 0 aliphatic heterocycles. The lowest BCUT2D eigenvalue weighted by Gasteiger charge is -2.35. The second-order valence-electron chi connectivity index (χ2n) is 5.49. The van der Waals surface area contributed by atoms with E-state index < -0.39 is 5.54 Å². The van der Waals surface area contributed by atoms with Gasteiger partial charge in [-0.3, -0.25) is 5.41 Å². The fourth-order valence-corrected chi connectivity index (χ4v) is 1.97. The number of aliphatic hydroxyl groups excluding tert-OH is 1. The van der Waals surface area contributed by atoms with E-state index in [1.165, 1.54) is 0 Å². The van der Waals surface area contributed by atoms with Crippen LogP contribution in [0, 0.1) is 5.41 Å². The van der Waals surface area contributed by atoms with Crippen molar-refractivity contribution in [3.63, 3.8) is 0 Å². The number of amidine groups is 1. The smallest absolute Gasteiger partial charge is 0.130 e. The maximum Gasteiger partial charge on any atom is 0.130 e. The molecule has 0 saturated heterocycles. The minimum Gasteiger partial charge on any atom is -0.394 e. The first-order valence-corrected chi connectivity index (χ1v) is 6.45. The Kier molecular flexibility index (Phi) is 3.63. The minimum atomic E-state index is -0.441. The quantitative estimate of drug-likeness (QED) is 0.584. The third-order valence-corrected chi connectivity index (χ3v) is 3.63. The standard InChI is InChI=1S/C15H20N4O/c1-15(2,9-20)19(3)13-8-11(14(16)17)10-6-4-5-7-12(10)18-13/h4-8,20H,9H2,1-3H3,(H3,16,17). The van der Waals surface area contributed by atoms with Gasteiger partial charge in [0.15, 0.2) is 0 Å². The second kappa shape index (κ2) is 5.09. The lowest BCUT2D eigenvalue weighted by molar-refractivity contribution is 0.215. The van der Waals surface area contributed by atoms with E-state index in [4.69, 9.17) is 11.1 Å². The van der Waals surface area contributed by atoms with Gasteiger partial charge in [-0.25, -0.2) is 4.98 Å². The summed E-state index contributed by atoms with van der Waals surface area (Å²) in [5.74, 6) is 0.702. The number of pyridine rings is 1. The summed E-state index contributed by atoms with van der Waals surface area (Å²) in [4.78, 5) is 6.49. The molecule has 0 unspecified atom stereocenters. The van der Waals surface area contributed by atoms with E-state index in [1.54, 1.807) is 6.07 Å². The molecule has 0 fully saturated rings. The number of nitrogen functional groups attached to an aromatic ring is 1. The Hall–Kier alpha value is -2.14. The topological polar surface area (TPSA) is 86.2 Å². The maximum absolute atomic E-state index is 9.48. The van der Waals surface area contributed by atoms with Crippen LogP contribution in [-0.4, -0.2) is 35.1 Å². The lowest BCUT2D eigenvalue weighted by atomic mass is 10.0. The van der Waals surface area contributed by atoms with Gasteiger partial charge in [0.05, 0.1) is 17.7 Å². The summed E-state index contributed by atoms with van der Waals surface area (Å²) in [5, 5.41) is 18.1. The van der Waals surface area contributed by atoms with Gasteiger partial charge in [-0.15, -0.1) is 0 Å². The van der Waals surface area contributed by atoms with Gasteiger partial charge < -0.3 is 15.7 Å². The van der Waals surface area contributed by atoms with Crippen molar-refractivity contribution in [3.8, 4) is 0 Å². The number of para-hydroxylation sites is 1. The van der Waals surface area contributed by atoms with E-state index in [0.717, 1.165) is 10.9 Å². The molecule has 0 amide bonds. The van der Waals surface area contributed by atoms with Gasteiger partial charge in [-0.2, -0.15) is 0 Å². The molecule has 0 saturated carbocycles. The number of hydrogen-bond acceptors (Lipinski definition) is 4. The summed E-state index contributed by atoms with van der Waals surface area (Å²) in [6.45, 7) is 3.86. The van der Waals surface area contributed by atoms with E-state index in [9.17, 15) is 5.11 Å². The van der Waals surface area contributed by atoms with Crippen LogP contribution >= 0.6 is 0 Å². The van der Waals surface area contributed by atoms with Gasteiger partial charge in [0.1, 0.15) is 11.7 Å². The highest BCUT2D eigenvalue weighted by Gasteiger charge is 2.24. The summed E-state index contributed by atoms with van der Waals surface area (Å²) < 4.78 is 0. The molecule has 4 N–H and O–H groups in total. The lowest BCUT2D eigenvalue weighted by Crippen LogP contribution is -2.45. The zero-order valence-corrected chi connectivity index (χ0v) is 12.0. The largest absolute Gasteiger partial charge is 0.394 e. The third kappa shape index (κ3) is 2.44. The van der Waals surface area contributed by atoms with Crippen LogP contribution in [0.5, 0.6) is 0 Å². The molecule has 20 heavy (non-hydrogen) atoms. The Labute approximate surface area is 118 Å². The molecule has 1 aromatic carbocycles. The molecule has 5 nitrogen and oxygen atoms in total. The first kappa shape index (κ1) is 14.3. The number of nitrogens with zero attached hydrogens (tertiary/aromatic N) is 2. The fourth-order valence-electron chi connectivity index (χ4n) is 1.97. The molecule has 0 spiro atoms. The van der Waals surface area contributed by atoms with Crippen molar-refractivity contribution in [2.45, 2.75) is 19.4 Å². The molecule has 1 heterocycles. The van der Waals surface area contributed by atoms with Crippen LogP contribution in [0.25, 0.3) is 10.9 Å². The van der Waals surface area contributed by atoms with Crippen LogP contribution < -0.4 is 10.6 Å². The van der Waals surface area contributed by atoms with E-state index in [-0.39, 0.29) is 12.4 Å². The Morgan fingerprint density at radius 1 is 1.40 bits per heavy atom. The van der Waals surface area contributed by atoms with Crippen LogP contribution in [-0.2, 0) is 0 Å². The van der Waals surface area contributed by atoms with Gasteiger partial charge in [0.25, 0.3) is 0 Å². The molecule has 0 bridgehead atoms. The fraction of sp³-hybridized carbons (Fsp3) is 0.333. The average Bonchev–Trinajstić information content (AvgIpc) is 2.45. The number of likely N-dealkylation sites (N-methyl/N-ethyl adjacent to an activating group) is 1. The van der Waals surface area contributed by atoms with Crippen molar-refractivity contribution in [3.05, 3.63) is 35.9 Å². The Bertz CT molecular complexity index is 651. The van der Waals surface area contributed by atoms with Crippen LogP contribution in [0.2, 0.25) is 0 Å². The number of anilines is 1. The summed E-state index contributed by atoms with van der Waals surface area (Å²) >= 11 is 0. The first-order chi connectivity index (χ1) is 9.36. The Morgan fingerprint density at radius 3 is 2.65 bits per heavy atom. The number of nitrogens with one attached hydrogen (secondary N) is 1. The van der Waals surface area contributed by atoms with E-state index in [2.05, 4.69) is 4.98 Å². The number of fused-ring (bicyclic) bond motifs is 1. The highest BCUT2D eigenvalue weighted by atomic mass is 16.3. The van der Waals surface area contributed by atoms with Crippen LogP contribution in [0.3, 0.4) is 0 Å². The second-order valence-corrected chi connectivity index (χ2v) is 5.49. The van der Waals surface area contributed by atoms with Gasteiger partial charge in [-0.05, 0) is 26.0 Å². The average molecular weight is 272 g/mol. The number of aromatic nitrogens is 1. The summed E-state index contributed by atoms with van der Waals surface area (Å²) in [7, 11) is 1.87. The number of benzene rings is 1. The zero-order chi connectivity index (χ0) is 14.9. The third-order valence-electron chi connectivity index (χ3n) is 3.63. The Morgan fingerprint density at radius 2 is 2.05 bits per heavy atom. The van der Waals surface area contributed by atoms with Gasteiger partial charge in [-0.1, -0.05) is 18.2 Å². The Balaban J connectivity index is 2.64. The zero-order valence-electron chi connectivity index (χ0n) is 12.0. The molecule has 0 aliphatic rings. The van der Waals surface area contributed by atoms with Gasteiger partial charge in [0.2, 0.25) is 0 Å². The number of nitrogens with two attached hydrogens (primary N) is 1. The summed E-state index contributed by atoms with van der Waals surface area (Å²) in [6, 6.07) is 9.39. The summed E-state index contributed by atoms with van der Waals surface area (Å²) in [5.41, 5.74) is 6.68.